The van der Waals surface area contributed by atoms with Gasteiger partial charge in [-0.15, -0.1) is 0 Å². The third-order valence-corrected chi connectivity index (χ3v) is 13.9. The molecule has 0 radical (unpaired) electrons. The van der Waals surface area contributed by atoms with Crippen LogP contribution in [0.2, 0.25) is 0 Å². The van der Waals surface area contributed by atoms with Crippen molar-refractivity contribution in [3.05, 3.63) is 218 Å². The van der Waals surface area contributed by atoms with Gasteiger partial charge in [0.15, 0.2) is 0 Å². The Labute approximate surface area is 359 Å². The lowest BCUT2D eigenvalue weighted by Gasteiger charge is -2.24. The van der Waals surface area contributed by atoms with E-state index in [9.17, 15) is 0 Å². The maximum Gasteiger partial charge on any atom is -0.000719 e. The molecule has 0 aromatic heterocycles. The molecule has 62 heavy (non-hydrogen) atoms. The molecule has 2 aliphatic rings. The van der Waals surface area contributed by atoms with Crippen LogP contribution in [0, 0.1) is 0 Å². The van der Waals surface area contributed by atoms with Gasteiger partial charge in [-0.05, 0) is 143 Å². The second kappa shape index (κ2) is 12.7. The number of benzene rings is 12. The number of hydrogen-bond donors (Lipinski definition) is 0. The molecule has 12 aromatic rings. The summed E-state index contributed by atoms with van der Waals surface area (Å²) in [6.07, 6.45) is 0. The van der Waals surface area contributed by atoms with Crippen LogP contribution in [0.3, 0.4) is 0 Å². The average Bonchev–Trinajstić information content (AvgIpc) is 3.85. The molecule has 0 bridgehead atoms. The van der Waals surface area contributed by atoms with Crippen molar-refractivity contribution in [2.45, 2.75) is 0 Å². The first-order valence-electron chi connectivity index (χ1n) is 21.7. The first kappa shape index (κ1) is 33.7. The Bertz CT molecular complexity index is 3590. The minimum absolute atomic E-state index is 1.23. The van der Waals surface area contributed by atoms with Crippen LogP contribution in [-0.2, 0) is 0 Å². The van der Waals surface area contributed by atoms with E-state index in [0.717, 1.165) is 0 Å². The van der Waals surface area contributed by atoms with E-state index >= 15 is 0 Å². The third kappa shape index (κ3) is 4.45. The zero-order chi connectivity index (χ0) is 40.5. The lowest BCUT2D eigenvalue weighted by atomic mass is 9.78. The molecule has 2 aliphatic carbocycles. The van der Waals surface area contributed by atoms with Gasteiger partial charge in [0.05, 0.1) is 0 Å². The Kier molecular flexibility index (Phi) is 6.92. The van der Waals surface area contributed by atoms with Crippen LogP contribution in [0.15, 0.2) is 218 Å². The predicted octanol–water partition coefficient (Wildman–Crippen LogP) is 17.4. The van der Waals surface area contributed by atoms with Crippen LogP contribution in [0.25, 0.3) is 143 Å². The summed E-state index contributed by atoms with van der Waals surface area (Å²) in [4.78, 5) is 0. The van der Waals surface area contributed by atoms with Gasteiger partial charge in [-0.2, -0.15) is 0 Å². The molecular formula is C62H36. The highest BCUT2D eigenvalue weighted by atomic mass is 14.4. The Morgan fingerprint density at radius 2 is 0.435 bits per heavy atom. The van der Waals surface area contributed by atoms with Crippen LogP contribution in [0.4, 0.5) is 0 Å². The van der Waals surface area contributed by atoms with Crippen molar-refractivity contribution in [3.63, 3.8) is 0 Å². The first-order chi connectivity index (χ1) is 30.8. The zero-order valence-electron chi connectivity index (χ0n) is 33.8. The van der Waals surface area contributed by atoms with Crippen LogP contribution in [-0.4, -0.2) is 0 Å². The van der Waals surface area contributed by atoms with E-state index in [1.165, 1.54) is 143 Å². The maximum absolute atomic E-state index is 2.45. The molecule has 0 nitrogen and oxygen atoms in total. The SMILES string of the molecule is c1ccc(-c2c3c(c(-c4ccccc4)c4c2ccc2c4ccc4c(-c5ccccc5)c5c(c(-c6ccccc6)c42)-c2cccc4cccc-5c24)-c2cccc4cccc-3c24)cc1. The van der Waals surface area contributed by atoms with Crippen molar-refractivity contribution in [2.75, 3.05) is 0 Å². The standard InChI is InChI=1S/C62H36/c1-5-17-39(18-6-1)53-49-35-33-44-43(57(49)55(41-21-9-3-10-22-41)61-47-31-15-27-37-25-13-29-45(51(37)47)59(53)61)34-36-50-54(40-19-7-2-8-20-40)60-46-30-14-26-38-28-16-32-48(52(38)46)62(60)56(58(44)50)42-23-11-4-12-24-42/h1-36H. The normalized spacial score (nSPS) is 12.2. The molecule has 14 rings (SSSR count). The summed E-state index contributed by atoms with van der Waals surface area (Å²) < 4.78 is 0. The van der Waals surface area contributed by atoms with Gasteiger partial charge in [0.2, 0.25) is 0 Å². The summed E-state index contributed by atoms with van der Waals surface area (Å²) in [6, 6.07) is 81.8. The number of fused-ring (bicyclic) bond motifs is 11. The Hall–Kier alpha value is -8.06. The number of rotatable bonds is 4. The minimum Gasteiger partial charge on any atom is -0.0622 e. The topological polar surface area (TPSA) is 0 Å². The molecule has 0 unspecified atom stereocenters. The van der Waals surface area contributed by atoms with Gasteiger partial charge in [0, 0.05) is 0 Å². The van der Waals surface area contributed by atoms with Crippen molar-refractivity contribution < 1.29 is 0 Å². The van der Waals surface area contributed by atoms with Crippen molar-refractivity contribution in [1.29, 1.82) is 0 Å². The van der Waals surface area contributed by atoms with Gasteiger partial charge in [-0.3, -0.25) is 0 Å². The molecule has 0 amide bonds. The zero-order valence-corrected chi connectivity index (χ0v) is 33.8. The molecule has 0 fully saturated rings. The average molecular weight is 781 g/mol. The smallest absolute Gasteiger partial charge is 0.000719 e. The van der Waals surface area contributed by atoms with Crippen molar-refractivity contribution in [3.8, 4) is 89.0 Å². The van der Waals surface area contributed by atoms with E-state index < -0.39 is 0 Å². The van der Waals surface area contributed by atoms with Crippen LogP contribution < -0.4 is 0 Å². The second-order valence-electron chi connectivity index (χ2n) is 17.0. The minimum atomic E-state index is 1.23. The predicted molar refractivity (Wildman–Crippen MR) is 265 cm³/mol. The summed E-state index contributed by atoms with van der Waals surface area (Å²) >= 11 is 0. The van der Waals surface area contributed by atoms with E-state index in [0.29, 0.717) is 0 Å². The number of hydrogen-bond acceptors (Lipinski definition) is 0. The highest BCUT2D eigenvalue weighted by Gasteiger charge is 2.34. The van der Waals surface area contributed by atoms with Gasteiger partial charge in [-0.25, -0.2) is 0 Å². The molecule has 0 atom stereocenters. The Morgan fingerprint density at radius 3 is 0.758 bits per heavy atom. The van der Waals surface area contributed by atoms with Gasteiger partial charge in [0.25, 0.3) is 0 Å². The summed E-state index contributed by atoms with van der Waals surface area (Å²) in [5, 5.41) is 12.9. The van der Waals surface area contributed by atoms with E-state index in [4.69, 9.17) is 0 Å². The fourth-order valence-electron chi connectivity index (χ4n) is 11.6. The molecule has 0 N–H and O–H groups in total. The highest BCUT2D eigenvalue weighted by molar-refractivity contribution is 6.36. The largest absolute Gasteiger partial charge is 0.0622 e. The third-order valence-electron chi connectivity index (χ3n) is 13.9. The van der Waals surface area contributed by atoms with Gasteiger partial charge < -0.3 is 0 Å². The summed E-state index contributed by atoms with van der Waals surface area (Å²) in [6.45, 7) is 0. The molecule has 0 heteroatoms. The van der Waals surface area contributed by atoms with Gasteiger partial charge in [-0.1, -0.05) is 218 Å². The quantitative estimate of drug-likeness (QED) is 0.156. The fraction of sp³-hybridized carbons (Fsp3) is 0. The molecule has 284 valence electrons. The molecular weight excluding hydrogens is 745 g/mol. The van der Waals surface area contributed by atoms with E-state index in [2.05, 4.69) is 218 Å². The van der Waals surface area contributed by atoms with Crippen molar-refractivity contribution in [1.82, 2.24) is 0 Å². The van der Waals surface area contributed by atoms with Gasteiger partial charge in [0.1, 0.15) is 0 Å². The Balaban J connectivity index is 1.25. The van der Waals surface area contributed by atoms with E-state index in [1.807, 2.05) is 0 Å². The van der Waals surface area contributed by atoms with Crippen molar-refractivity contribution in [2.24, 2.45) is 0 Å². The second-order valence-corrected chi connectivity index (χ2v) is 17.0. The fourth-order valence-corrected chi connectivity index (χ4v) is 11.6. The van der Waals surface area contributed by atoms with Crippen LogP contribution in [0.1, 0.15) is 0 Å². The molecule has 0 saturated carbocycles. The summed E-state index contributed by atoms with van der Waals surface area (Å²) in [5.74, 6) is 0. The maximum atomic E-state index is 2.45. The first-order valence-corrected chi connectivity index (χ1v) is 21.7. The van der Waals surface area contributed by atoms with Crippen LogP contribution >= 0.6 is 0 Å². The van der Waals surface area contributed by atoms with Crippen molar-refractivity contribution >= 4 is 53.9 Å². The van der Waals surface area contributed by atoms with E-state index in [1.54, 1.807) is 0 Å². The van der Waals surface area contributed by atoms with E-state index in [-0.39, 0.29) is 0 Å². The monoisotopic (exact) mass is 780 g/mol. The molecule has 12 aromatic carbocycles. The molecule has 0 saturated heterocycles. The molecule has 0 spiro atoms. The van der Waals surface area contributed by atoms with Crippen LogP contribution in [0.5, 0.6) is 0 Å². The molecule has 0 heterocycles. The lowest BCUT2D eigenvalue weighted by Crippen LogP contribution is -1.97. The Morgan fingerprint density at radius 1 is 0.161 bits per heavy atom. The summed E-state index contributed by atoms with van der Waals surface area (Å²) in [7, 11) is 0. The highest BCUT2D eigenvalue weighted by Crippen LogP contribution is 2.61. The lowest BCUT2D eigenvalue weighted by molar-refractivity contribution is 1.62. The summed E-state index contributed by atoms with van der Waals surface area (Å²) in [5.41, 5.74) is 20.7. The molecule has 0 aliphatic heterocycles. The van der Waals surface area contributed by atoms with Gasteiger partial charge >= 0.3 is 0 Å².